The first kappa shape index (κ1) is 13.8. The Morgan fingerprint density at radius 2 is 2.00 bits per heavy atom. The maximum Gasteiger partial charge on any atom is 0.314 e. The van der Waals surface area contributed by atoms with E-state index in [-0.39, 0.29) is 0 Å². The number of nitrogens with zero attached hydrogens (tertiary/aromatic N) is 1. The third kappa shape index (κ3) is 2.52. The van der Waals surface area contributed by atoms with Gasteiger partial charge < -0.3 is 21.1 Å². The molecule has 0 heterocycles. The monoisotopic (exact) mass is 260 g/mol. The molecule has 0 saturated carbocycles. The van der Waals surface area contributed by atoms with Crippen LogP contribution in [0.3, 0.4) is 0 Å². The summed E-state index contributed by atoms with van der Waals surface area (Å²) in [5.74, 6) is -3.85. The molecule has 1 rings (SSSR count). The Bertz CT molecular complexity index is 506. The summed E-state index contributed by atoms with van der Waals surface area (Å²) in [6.07, 6.45) is -3.98. The maximum atomic E-state index is 13.2. The number of rotatable bonds is 4. The number of aliphatic hydroxyl groups is 2. The summed E-state index contributed by atoms with van der Waals surface area (Å²) in [5.41, 5.74) is 3.26. The van der Waals surface area contributed by atoms with Crippen LogP contribution in [0.5, 0.6) is 5.75 Å². The molecule has 0 radical (unpaired) electrons. The number of nitro benzene ring substituents is 1. The van der Waals surface area contributed by atoms with E-state index in [0.29, 0.717) is 12.1 Å². The van der Waals surface area contributed by atoms with Gasteiger partial charge in [0.2, 0.25) is 11.7 Å². The molecular weight excluding hydrogens is 251 g/mol. The fourth-order valence-corrected chi connectivity index (χ4v) is 1.25. The van der Waals surface area contributed by atoms with Crippen LogP contribution in [0.25, 0.3) is 0 Å². The summed E-state index contributed by atoms with van der Waals surface area (Å²) in [7, 11) is 0. The standard InChI is InChI=1S/C9H9FN2O6/c10-4-1-3(6(13)8(15)9(11)16)2-5(7(4)14)12(17)18/h1-2,6,8,13-15H,(H2,11,16). The minimum Gasteiger partial charge on any atom is -0.500 e. The average molecular weight is 260 g/mol. The molecule has 0 saturated heterocycles. The highest BCUT2D eigenvalue weighted by Crippen LogP contribution is 2.32. The van der Waals surface area contributed by atoms with Crippen LogP contribution in [0.4, 0.5) is 10.1 Å². The molecule has 0 aliphatic heterocycles. The number of benzene rings is 1. The molecule has 8 nitrogen and oxygen atoms in total. The molecule has 0 spiro atoms. The molecule has 98 valence electrons. The van der Waals surface area contributed by atoms with Gasteiger partial charge in [-0.1, -0.05) is 0 Å². The number of phenolic OH excluding ortho intramolecular Hbond substituents is 1. The molecule has 0 fully saturated rings. The number of phenols is 1. The highest BCUT2D eigenvalue weighted by Gasteiger charge is 2.28. The maximum absolute atomic E-state index is 13.2. The SMILES string of the molecule is NC(=O)C(O)C(O)c1cc(F)c(O)c([N+](=O)[O-])c1. The third-order valence-corrected chi connectivity index (χ3v) is 2.19. The molecule has 1 aromatic rings. The lowest BCUT2D eigenvalue weighted by Crippen LogP contribution is -2.33. The molecule has 0 aromatic heterocycles. The number of aliphatic hydroxyl groups excluding tert-OH is 2. The summed E-state index contributed by atoms with van der Waals surface area (Å²) < 4.78 is 13.2. The van der Waals surface area contributed by atoms with Crippen LogP contribution in [-0.4, -0.2) is 32.3 Å². The Morgan fingerprint density at radius 1 is 1.44 bits per heavy atom. The zero-order chi connectivity index (χ0) is 14.0. The van der Waals surface area contributed by atoms with E-state index in [1.807, 2.05) is 0 Å². The van der Waals surface area contributed by atoms with Crippen LogP contribution in [0.2, 0.25) is 0 Å². The van der Waals surface area contributed by atoms with Crippen molar-refractivity contribution in [2.45, 2.75) is 12.2 Å². The van der Waals surface area contributed by atoms with Gasteiger partial charge in [-0.2, -0.15) is 0 Å². The van der Waals surface area contributed by atoms with E-state index < -0.39 is 45.9 Å². The summed E-state index contributed by atoms with van der Waals surface area (Å²) in [6.45, 7) is 0. The molecule has 1 aromatic carbocycles. The van der Waals surface area contributed by atoms with Crippen molar-refractivity contribution in [1.82, 2.24) is 0 Å². The lowest BCUT2D eigenvalue weighted by atomic mass is 10.0. The highest BCUT2D eigenvalue weighted by atomic mass is 19.1. The number of hydrogen-bond acceptors (Lipinski definition) is 6. The first-order valence-electron chi connectivity index (χ1n) is 4.58. The van der Waals surface area contributed by atoms with Gasteiger partial charge in [-0.3, -0.25) is 14.9 Å². The van der Waals surface area contributed by atoms with Crippen molar-refractivity contribution in [2.75, 3.05) is 0 Å². The second-order valence-corrected chi connectivity index (χ2v) is 3.42. The molecule has 0 bridgehead atoms. The second-order valence-electron chi connectivity index (χ2n) is 3.42. The number of carbonyl (C=O) groups is 1. The van der Waals surface area contributed by atoms with Crippen LogP contribution >= 0.6 is 0 Å². The number of nitro groups is 1. The lowest BCUT2D eigenvalue weighted by Gasteiger charge is -2.15. The van der Waals surface area contributed by atoms with Crippen molar-refractivity contribution < 1.29 is 29.4 Å². The molecule has 2 atom stereocenters. The van der Waals surface area contributed by atoms with E-state index in [1.165, 1.54) is 0 Å². The predicted molar refractivity (Wildman–Crippen MR) is 54.9 cm³/mol. The Labute approximate surface area is 99.2 Å². The van der Waals surface area contributed by atoms with Gasteiger partial charge in [0.1, 0.15) is 6.10 Å². The number of aromatic hydroxyl groups is 1. The Kier molecular flexibility index (Phi) is 3.79. The molecule has 2 unspecified atom stereocenters. The van der Waals surface area contributed by atoms with Gasteiger partial charge in [-0.05, 0) is 11.6 Å². The minimum absolute atomic E-state index is 0.455. The molecule has 0 aliphatic rings. The fourth-order valence-electron chi connectivity index (χ4n) is 1.25. The van der Waals surface area contributed by atoms with Gasteiger partial charge >= 0.3 is 5.69 Å². The largest absolute Gasteiger partial charge is 0.500 e. The van der Waals surface area contributed by atoms with Crippen molar-refractivity contribution in [3.05, 3.63) is 33.6 Å². The molecule has 5 N–H and O–H groups in total. The van der Waals surface area contributed by atoms with E-state index in [1.54, 1.807) is 0 Å². The van der Waals surface area contributed by atoms with E-state index in [4.69, 9.17) is 15.9 Å². The Balaban J connectivity index is 3.26. The summed E-state index contributed by atoms with van der Waals surface area (Å²) in [6, 6.07) is 1.19. The summed E-state index contributed by atoms with van der Waals surface area (Å²) in [5, 5.41) is 38.2. The van der Waals surface area contributed by atoms with Gasteiger partial charge in [0.05, 0.1) is 4.92 Å². The molecule has 18 heavy (non-hydrogen) atoms. The van der Waals surface area contributed by atoms with Gasteiger partial charge in [0.25, 0.3) is 0 Å². The third-order valence-electron chi connectivity index (χ3n) is 2.19. The molecule has 9 heteroatoms. The minimum atomic E-state index is -2.05. The van der Waals surface area contributed by atoms with Crippen LogP contribution in [0.15, 0.2) is 12.1 Å². The highest BCUT2D eigenvalue weighted by molar-refractivity contribution is 5.79. The van der Waals surface area contributed by atoms with E-state index in [9.17, 15) is 24.4 Å². The summed E-state index contributed by atoms with van der Waals surface area (Å²) >= 11 is 0. The molecular formula is C9H9FN2O6. The average Bonchev–Trinajstić information content (AvgIpc) is 2.29. The van der Waals surface area contributed by atoms with Crippen LogP contribution in [0.1, 0.15) is 11.7 Å². The lowest BCUT2D eigenvalue weighted by molar-refractivity contribution is -0.386. The van der Waals surface area contributed by atoms with Gasteiger partial charge in [0.15, 0.2) is 11.9 Å². The van der Waals surface area contributed by atoms with Crippen LogP contribution in [-0.2, 0) is 4.79 Å². The molecule has 1 amide bonds. The number of nitrogens with two attached hydrogens (primary N) is 1. The topological polar surface area (TPSA) is 147 Å². The predicted octanol–water partition coefficient (Wildman–Crippen LogP) is -0.681. The van der Waals surface area contributed by atoms with Crippen molar-refractivity contribution in [2.24, 2.45) is 5.73 Å². The van der Waals surface area contributed by atoms with Crippen molar-refractivity contribution in [3.63, 3.8) is 0 Å². The number of carbonyl (C=O) groups excluding carboxylic acids is 1. The smallest absolute Gasteiger partial charge is 0.314 e. The zero-order valence-corrected chi connectivity index (χ0v) is 8.78. The number of halogens is 1. The van der Waals surface area contributed by atoms with Crippen LogP contribution in [0, 0.1) is 15.9 Å². The number of amides is 1. The Morgan fingerprint density at radius 3 is 2.44 bits per heavy atom. The van der Waals surface area contributed by atoms with E-state index in [2.05, 4.69) is 0 Å². The van der Waals surface area contributed by atoms with E-state index in [0.717, 1.165) is 0 Å². The zero-order valence-electron chi connectivity index (χ0n) is 8.78. The number of hydrogen-bond donors (Lipinski definition) is 4. The van der Waals surface area contributed by atoms with Crippen molar-refractivity contribution >= 4 is 11.6 Å². The summed E-state index contributed by atoms with van der Waals surface area (Å²) in [4.78, 5) is 20.0. The Hall–Kier alpha value is -2.26. The van der Waals surface area contributed by atoms with Gasteiger partial charge in [0, 0.05) is 6.07 Å². The second kappa shape index (κ2) is 4.94. The van der Waals surface area contributed by atoms with Crippen molar-refractivity contribution in [1.29, 1.82) is 0 Å². The van der Waals surface area contributed by atoms with Gasteiger partial charge in [-0.15, -0.1) is 0 Å². The quantitative estimate of drug-likeness (QED) is 0.416. The van der Waals surface area contributed by atoms with Gasteiger partial charge in [-0.25, -0.2) is 4.39 Å². The normalized spacial score (nSPS) is 13.9. The van der Waals surface area contributed by atoms with Crippen LogP contribution < -0.4 is 5.73 Å². The fraction of sp³-hybridized carbons (Fsp3) is 0.222. The molecule has 0 aliphatic carbocycles. The number of primary amides is 1. The first-order valence-corrected chi connectivity index (χ1v) is 4.58. The first-order chi connectivity index (χ1) is 8.25. The van der Waals surface area contributed by atoms with E-state index >= 15 is 0 Å². The van der Waals surface area contributed by atoms with Crippen molar-refractivity contribution in [3.8, 4) is 5.75 Å².